The average Bonchev–Trinajstić information content (AvgIpc) is 3.55. The molecular weight excluding hydrogens is 540 g/mol. The average molecular weight is 579 g/mol. The SMILES string of the molecule is COC(=O)c1nnn(C(C(C)C)C(O)N2CC(O)CC2C(=O)NC(Cc2ccc(-c3ccccc3)cc2)C(N)=O)c1C. The van der Waals surface area contributed by atoms with Crippen LogP contribution in [0.2, 0.25) is 0 Å². The maximum atomic E-state index is 13.5. The summed E-state index contributed by atoms with van der Waals surface area (Å²) >= 11 is 0. The molecule has 0 saturated carbocycles. The van der Waals surface area contributed by atoms with Crippen LogP contribution in [0.4, 0.5) is 0 Å². The van der Waals surface area contributed by atoms with Crippen molar-refractivity contribution in [2.45, 2.75) is 64.1 Å². The minimum Gasteiger partial charge on any atom is -0.464 e. The van der Waals surface area contributed by atoms with Crippen LogP contribution in [-0.4, -0.2) is 86.0 Å². The number of carbonyl (C=O) groups is 3. The van der Waals surface area contributed by atoms with Gasteiger partial charge < -0.3 is 26.0 Å². The van der Waals surface area contributed by atoms with Crippen LogP contribution in [0.1, 0.15) is 48.1 Å². The number of amides is 2. The molecule has 1 aliphatic heterocycles. The summed E-state index contributed by atoms with van der Waals surface area (Å²) < 4.78 is 6.20. The molecule has 3 aromatic rings. The van der Waals surface area contributed by atoms with E-state index >= 15 is 0 Å². The highest BCUT2D eigenvalue weighted by molar-refractivity contribution is 5.89. The zero-order valence-electron chi connectivity index (χ0n) is 24.2. The van der Waals surface area contributed by atoms with Crippen molar-refractivity contribution in [1.29, 1.82) is 0 Å². The monoisotopic (exact) mass is 578 g/mol. The van der Waals surface area contributed by atoms with Gasteiger partial charge in [0.15, 0.2) is 5.69 Å². The Labute approximate surface area is 244 Å². The van der Waals surface area contributed by atoms with Crippen molar-refractivity contribution in [2.24, 2.45) is 11.7 Å². The van der Waals surface area contributed by atoms with Crippen molar-refractivity contribution in [3.8, 4) is 11.1 Å². The van der Waals surface area contributed by atoms with E-state index in [0.29, 0.717) is 5.69 Å². The molecule has 5 atom stereocenters. The highest BCUT2D eigenvalue weighted by Gasteiger charge is 2.44. The molecule has 5 N–H and O–H groups in total. The fourth-order valence-electron chi connectivity index (χ4n) is 5.44. The molecule has 1 saturated heterocycles. The quantitative estimate of drug-likeness (QED) is 0.244. The number of carbonyl (C=O) groups excluding carboxylic acids is 3. The number of esters is 1. The molecule has 2 heterocycles. The maximum Gasteiger partial charge on any atom is 0.360 e. The lowest BCUT2D eigenvalue weighted by Gasteiger charge is -2.36. The van der Waals surface area contributed by atoms with Gasteiger partial charge in [-0.15, -0.1) is 5.10 Å². The first-order chi connectivity index (χ1) is 20.0. The molecule has 12 nitrogen and oxygen atoms in total. The van der Waals surface area contributed by atoms with Crippen LogP contribution in [0.3, 0.4) is 0 Å². The highest BCUT2D eigenvalue weighted by atomic mass is 16.5. The standard InChI is InChI=1S/C30H38N6O6/c1-17(2)26(36-18(3)25(33-34-36)30(41)42-4)29(40)35-16-22(37)15-24(35)28(39)32-23(27(31)38)14-19-10-12-21(13-11-19)20-8-6-5-7-9-20/h5-13,17,22-24,26,29,37,40H,14-16H2,1-4H3,(H2,31,38)(H,32,39). The molecule has 5 unspecified atom stereocenters. The third kappa shape index (κ3) is 6.67. The number of rotatable bonds is 11. The molecule has 224 valence electrons. The van der Waals surface area contributed by atoms with E-state index in [2.05, 4.69) is 15.6 Å². The van der Waals surface area contributed by atoms with Crippen molar-refractivity contribution in [1.82, 2.24) is 25.2 Å². The number of nitrogens with zero attached hydrogens (tertiary/aromatic N) is 4. The third-order valence-corrected chi connectivity index (χ3v) is 7.70. The van der Waals surface area contributed by atoms with E-state index in [-0.39, 0.29) is 31.0 Å². The van der Waals surface area contributed by atoms with E-state index in [1.807, 2.05) is 68.4 Å². The minimum atomic E-state index is -1.28. The predicted molar refractivity (Wildman–Crippen MR) is 154 cm³/mol. The lowest BCUT2D eigenvalue weighted by Crippen LogP contribution is -2.55. The number of methoxy groups -OCH3 is 1. The number of aliphatic hydroxyl groups is 2. The van der Waals surface area contributed by atoms with Crippen LogP contribution < -0.4 is 11.1 Å². The number of aliphatic hydroxyl groups excluding tert-OH is 2. The van der Waals surface area contributed by atoms with E-state index in [1.54, 1.807) is 6.92 Å². The van der Waals surface area contributed by atoms with Crippen molar-refractivity contribution < 1.29 is 29.3 Å². The molecular formula is C30H38N6O6. The van der Waals surface area contributed by atoms with E-state index < -0.39 is 48.2 Å². The van der Waals surface area contributed by atoms with Crippen molar-refractivity contribution >= 4 is 17.8 Å². The summed E-state index contributed by atoms with van der Waals surface area (Å²) in [6, 6.07) is 14.9. The Hall–Kier alpha value is -4.13. The van der Waals surface area contributed by atoms with Crippen LogP contribution in [-0.2, 0) is 20.7 Å². The van der Waals surface area contributed by atoms with Crippen LogP contribution in [0, 0.1) is 12.8 Å². The van der Waals surface area contributed by atoms with Crippen molar-refractivity contribution in [3.63, 3.8) is 0 Å². The molecule has 1 aliphatic rings. The zero-order valence-corrected chi connectivity index (χ0v) is 24.2. The lowest BCUT2D eigenvalue weighted by molar-refractivity contribution is -0.135. The number of primary amides is 1. The largest absolute Gasteiger partial charge is 0.464 e. The number of likely N-dealkylation sites (tertiary alicyclic amines) is 1. The van der Waals surface area contributed by atoms with Crippen LogP contribution in [0.15, 0.2) is 54.6 Å². The van der Waals surface area contributed by atoms with Gasteiger partial charge in [-0.05, 0) is 36.0 Å². The summed E-state index contributed by atoms with van der Waals surface area (Å²) in [6.45, 7) is 5.38. The molecule has 12 heteroatoms. The number of benzene rings is 2. The van der Waals surface area contributed by atoms with Gasteiger partial charge in [-0.3, -0.25) is 14.5 Å². The van der Waals surface area contributed by atoms with Gasteiger partial charge in [-0.25, -0.2) is 9.48 Å². The topological polar surface area (TPSA) is 173 Å². The van der Waals surface area contributed by atoms with Crippen LogP contribution in [0.25, 0.3) is 11.1 Å². The molecule has 2 amide bonds. The molecule has 0 spiro atoms. The second-order valence-electron chi connectivity index (χ2n) is 10.9. The number of nitrogens with two attached hydrogens (primary N) is 1. The number of hydrogen-bond acceptors (Lipinski definition) is 9. The van der Waals surface area contributed by atoms with Gasteiger partial charge in [0, 0.05) is 13.0 Å². The number of nitrogens with one attached hydrogen (secondary N) is 1. The Bertz CT molecular complexity index is 1390. The Morgan fingerprint density at radius 2 is 1.74 bits per heavy atom. The first kappa shape index (κ1) is 30.8. The van der Waals surface area contributed by atoms with Gasteiger partial charge in [-0.2, -0.15) is 0 Å². The number of hydrogen-bond donors (Lipinski definition) is 4. The van der Waals surface area contributed by atoms with E-state index in [1.165, 1.54) is 16.7 Å². The Morgan fingerprint density at radius 1 is 1.10 bits per heavy atom. The second-order valence-corrected chi connectivity index (χ2v) is 10.9. The van der Waals surface area contributed by atoms with Crippen molar-refractivity contribution in [2.75, 3.05) is 13.7 Å². The second kappa shape index (κ2) is 13.2. The Kier molecular flexibility index (Phi) is 9.71. The summed E-state index contributed by atoms with van der Waals surface area (Å²) in [5, 5.41) is 32.8. The number of ether oxygens (including phenoxy) is 1. The van der Waals surface area contributed by atoms with Gasteiger partial charge in [-0.1, -0.05) is 73.7 Å². The van der Waals surface area contributed by atoms with Gasteiger partial charge in [0.1, 0.15) is 12.3 Å². The third-order valence-electron chi connectivity index (χ3n) is 7.70. The van der Waals surface area contributed by atoms with Crippen LogP contribution >= 0.6 is 0 Å². The van der Waals surface area contributed by atoms with Gasteiger partial charge >= 0.3 is 5.97 Å². The molecule has 0 radical (unpaired) electrons. The van der Waals surface area contributed by atoms with Gasteiger partial charge in [0.05, 0.1) is 31.0 Å². The van der Waals surface area contributed by atoms with E-state index in [4.69, 9.17) is 10.5 Å². The maximum absolute atomic E-state index is 13.5. The fraction of sp³-hybridized carbons (Fsp3) is 0.433. The van der Waals surface area contributed by atoms with Gasteiger partial charge in [0.25, 0.3) is 0 Å². The first-order valence-corrected chi connectivity index (χ1v) is 13.9. The normalized spacial score (nSPS) is 19.3. The highest BCUT2D eigenvalue weighted by Crippen LogP contribution is 2.31. The predicted octanol–water partition coefficient (Wildman–Crippen LogP) is 1.20. The summed E-state index contributed by atoms with van der Waals surface area (Å²) in [4.78, 5) is 39.4. The Morgan fingerprint density at radius 3 is 2.33 bits per heavy atom. The molecule has 42 heavy (non-hydrogen) atoms. The molecule has 1 fully saturated rings. The number of aromatic nitrogens is 3. The molecule has 4 rings (SSSR count). The van der Waals surface area contributed by atoms with Crippen LogP contribution in [0.5, 0.6) is 0 Å². The zero-order chi connectivity index (χ0) is 30.6. The Balaban J connectivity index is 1.50. The summed E-state index contributed by atoms with van der Waals surface area (Å²) in [5.74, 6) is -2.10. The first-order valence-electron chi connectivity index (χ1n) is 13.9. The number of β-amino-alcohol motifs (C(OH)–C–C–N with tert-alkyl or cyclic N) is 1. The van der Waals surface area contributed by atoms with E-state index in [9.17, 15) is 24.6 Å². The fourth-order valence-corrected chi connectivity index (χ4v) is 5.44. The van der Waals surface area contributed by atoms with E-state index in [0.717, 1.165) is 16.7 Å². The molecule has 2 aromatic carbocycles. The lowest BCUT2D eigenvalue weighted by atomic mass is 9.99. The molecule has 0 aliphatic carbocycles. The van der Waals surface area contributed by atoms with Crippen molar-refractivity contribution in [3.05, 3.63) is 71.5 Å². The minimum absolute atomic E-state index is 0.0161. The summed E-state index contributed by atoms with van der Waals surface area (Å²) in [6.07, 6.45) is -1.93. The summed E-state index contributed by atoms with van der Waals surface area (Å²) in [7, 11) is 1.24. The summed E-state index contributed by atoms with van der Waals surface area (Å²) in [5.41, 5.74) is 8.98. The smallest absolute Gasteiger partial charge is 0.360 e. The van der Waals surface area contributed by atoms with Gasteiger partial charge in [0.2, 0.25) is 11.8 Å². The molecule has 1 aromatic heterocycles. The molecule has 0 bridgehead atoms.